The summed E-state index contributed by atoms with van der Waals surface area (Å²) in [6.07, 6.45) is 6.18. The van der Waals surface area contributed by atoms with Crippen LogP contribution in [0.4, 0.5) is 0 Å². The second kappa shape index (κ2) is 4.58. The van der Waals surface area contributed by atoms with Crippen molar-refractivity contribution >= 4 is 0 Å². The first kappa shape index (κ1) is 10.7. The average molecular weight is 154 g/mol. The maximum atomic E-state index is 2.41. The van der Waals surface area contributed by atoms with E-state index in [1.165, 1.54) is 24.8 Å². The van der Waals surface area contributed by atoms with Crippen molar-refractivity contribution in [3.05, 3.63) is 11.6 Å². The van der Waals surface area contributed by atoms with Crippen LogP contribution in [0.2, 0.25) is 0 Å². The predicted octanol–water partition coefficient (Wildman–Crippen LogP) is 4.17. The summed E-state index contributed by atoms with van der Waals surface area (Å²) < 4.78 is 0. The van der Waals surface area contributed by atoms with Gasteiger partial charge in [0.2, 0.25) is 0 Å². The molecule has 0 aliphatic rings. The van der Waals surface area contributed by atoms with Gasteiger partial charge in [0, 0.05) is 0 Å². The number of hydrogen-bond acceptors (Lipinski definition) is 0. The van der Waals surface area contributed by atoms with E-state index >= 15 is 0 Å². The molecule has 0 aromatic heterocycles. The molecule has 0 radical (unpaired) electrons. The smallest absolute Gasteiger partial charge is 0.0172 e. The highest BCUT2D eigenvalue weighted by atomic mass is 14.2. The molecule has 0 spiro atoms. The topological polar surface area (TPSA) is 0 Å². The molecule has 0 saturated carbocycles. The molecule has 0 saturated heterocycles. The quantitative estimate of drug-likeness (QED) is 0.533. The van der Waals surface area contributed by atoms with Crippen LogP contribution in [0.15, 0.2) is 11.6 Å². The molecule has 0 aromatic carbocycles. The summed E-state index contributed by atoms with van der Waals surface area (Å²) in [7, 11) is 0. The van der Waals surface area contributed by atoms with Gasteiger partial charge in [0.05, 0.1) is 0 Å². The molecule has 0 atom stereocenters. The predicted molar refractivity (Wildman–Crippen MR) is 52.7 cm³/mol. The number of rotatable bonds is 4. The van der Waals surface area contributed by atoms with Crippen molar-refractivity contribution < 1.29 is 0 Å². The lowest BCUT2D eigenvalue weighted by molar-refractivity contribution is 0.428. The molecule has 0 aromatic rings. The third kappa shape index (κ3) is 5.06. The average Bonchev–Trinajstić information content (AvgIpc) is 1.86. The zero-order valence-corrected chi connectivity index (χ0v) is 8.70. The molecule has 0 heteroatoms. The van der Waals surface area contributed by atoms with Crippen LogP contribution >= 0.6 is 0 Å². The lowest BCUT2D eigenvalue weighted by Crippen LogP contribution is -2.07. The van der Waals surface area contributed by atoms with Crippen LogP contribution in [0, 0.1) is 5.41 Å². The Morgan fingerprint density at radius 3 is 2.18 bits per heavy atom. The molecule has 0 amide bonds. The Morgan fingerprint density at radius 1 is 1.27 bits per heavy atom. The summed E-state index contributed by atoms with van der Waals surface area (Å²) in [5.74, 6) is 0. The standard InChI is InChI=1S/C11H22/c1-6-8-11(4,5)9-10(3)7-2/h9H,6-8H2,1-5H3/b10-9+. The molecule has 0 aliphatic heterocycles. The SMILES string of the molecule is CCCC(C)(C)/C=C(\C)CC. The van der Waals surface area contributed by atoms with Crippen molar-refractivity contribution in [3.8, 4) is 0 Å². The molecule has 0 fully saturated rings. The minimum atomic E-state index is 0.412. The zero-order chi connectivity index (χ0) is 8.91. The first-order valence-corrected chi connectivity index (χ1v) is 4.70. The maximum Gasteiger partial charge on any atom is -0.0172 e. The second-order valence-corrected chi connectivity index (χ2v) is 4.08. The van der Waals surface area contributed by atoms with Crippen molar-refractivity contribution in [1.82, 2.24) is 0 Å². The van der Waals surface area contributed by atoms with Crippen LogP contribution in [0.3, 0.4) is 0 Å². The number of hydrogen-bond donors (Lipinski definition) is 0. The van der Waals surface area contributed by atoms with Crippen molar-refractivity contribution in [2.45, 2.75) is 53.9 Å². The highest BCUT2D eigenvalue weighted by molar-refractivity contribution is 5.04. The fraction of sp³-hybridized carbons (Fsp3) is 0.818. The summed E-state index contributed by atoms with van der Waals surface area (Å²) in [5.41, 5.74) is 1.93. The van der Waals surface area contributed by atoms with Crippen LogP contribution in [-0.4, -0.2) is 0 Å². The van der Waals surface area contributed by atoms with E-state index in [-0.39, 0.29) is 0 Å². The van der Waals surface area contributed by atoms with Crippen LogP contribution in [-0.2, 0) is 0 Å². The highest BCUT2D eigenvalue weighted by Crippen LogP contribution is 2.25. The van der Waals surface area contributed by atoms with E-state index in [9.17, 15) is 0 Å². The van der Waals surface area contributed by atoms with Crippen LogP contribution < -0.4 is 0 Å². The Morgan fingerprint density at radius 2 is 1.82 bits per heavy atom. The first-order valence-electron chi connectivity index (χ1n) is 4.70. The van der Waals surface area contributed by atoms with Crippen molar-refractivity contribution in [2.75, 3.05) is 0 Å². The molecule has 0 heterocycles. The zero-order valence-electron chi connectivity index (χ0n) is 8.70. The summed E-state index contributed by atoms with van der Waals surface area (Å²) in [6.45, 7) is 11.3. The fourth-order valence-corrected chi connectivity index (χ4v) is 1.49. The minimum absolute atomic E-state index is 0.412. The van der Waals surface area contributed by atoms with Gasteiger partial charge >= 0.3 is 0 Å². The van der Waals surface area contributed by atoms with Gasteiger partial charge < -0.3 is 0 Å². The monoisotopic (exact) mass is 154 g/mol. The third-order valence-corrected chi connectivity index (χ3v) is 2.09. The Bertz CT molecular complexity index is 129. The lowest BCUT2D eigenvalue weighted by atomic mass is 9.86. The molecule has 0 bridgehead atoms. The van der Waals surface area contributed by atoms with Gasteiger partial charge in [-0.2, -0.15) is 0 Å². The maximum absolute atomic E-state index is 2.41. The molecule has 0 unspecified atom stereocenters. The molecule has 11 heavy (non-hydrogen) atoms. The van der Waals surface area contributed by atoms with Gasteiger partial charge in [-0.25, -0.2) is 0 Å². The van der Waals surface area contributed by atoms with Gasteiger partial charge in [-0.15, -0.1) is 0 Å². The fourth-order valence-electron chi connectivity index (χ4n) is 1.49. The minimum Gasteiger partial charge on any atom is -0.0799 e. The van der Waals surface area contributed by atoms with Gasteiger partial charge in [0.1, 0.15) is 0 Å². The van der Waals surface area contributed by atoms with Crippen LogP contribution in [0.25, 0.3) is 0 Å². The van der Waals surface area contributed by atoms with Gasteiger partial charge in [0.15, 0.2) is 0 Å². The largest absolute Gasteiger partial charge is 0.0799 e. The third-order valence-electron chi connectivity index (χ3n) is 2.09. The van der Waals surface area contributed by atoms with Crippen molar-refractivity contribution in [2.24, 2.45) is 5.41 Å². The van der Waals surface area contributed by atoms with E-state index in [4.69, 9.17) is 0 Å². The summed E-state index contributed by atoms with van der Waals surface area (Å²) in [6, 6.07) is 0. The number of allylic oxidation sites excluding steroid dienone is 2. The summed E-state index contributed by atoms with van der Waals surface area (Å²) in [5, 5.41) is 0. The Kier molecular flexibility index (Phi) is 4.48. The molecule has 0 rings (SSSR count). The van der Waals surface area contributed by atoms with Crippen LogP contribution in [0.5, 0.6) is 0 Å². The van der Waals surface area contributed by atoms with E-state index in [2.05, 4.69) is 40.7 Å². The molecule has 66 valence electrons. The lowest BCUT2D eigenvalue weighted by Gasteiger charge is -2.20. The van der Waals surface area contributed by atoms with E-state index in [1.807, 2.05) is 0 Å². The molecule has 0 nitrogen and oxygen atoms in total. The van der Waals surface area contributed by atoms with Crippen molar-refractivity contribution in [3.63, 3.8) is 0 Å². The summed E-state index contributed by atoms with van der Waals surface area (Å²) >= 11 is 0. The second-order valence-electron chi connectivity index (χ2n) is 4.08. The van der Waals surface area contributed by atoms with Crippen molar-refractivity contribution in [1.29, 1.82) is 0 Å². The van der Waals surface area contributed by atoms with Gasteiger partial charge in [-0.05, 0) is 25.2 Å². The highest BCUT2D eigenvalue weighted by Gasteiger charge is 2.12. The molecule has 0 N–H and O–H groups in total. The van der Waals surface area contributed by atoms with E-state index in [0.717, 1.165) is 0 Å². The Balaban J connectivity index is 4.08. The van der Waals surface area contributed by atoms with Crippen LogP contribution in [0.1, 0.15) is 53.9 Å². The molecular weight excluding hydrogens is 132 g/mol. The Hall–Kier alpha value is -0.260. The Labute approximate surface area is 71.7 Å². The van der Waals surface area contributed by atoms with E-state index < -0.39 is 0 Å². The first-order chi connectivity index (χ1) is 5.02. The summed E-state index contributed by atoms with van der Waals surface area (Å²) in [4.78, 5) is 0. The normalized spacial score (nSPS) is 13.7. The van der Waals surface area contributed by atoms with Gasteiger partial charge in [-0.3, -0.25) is 0 Å². The van der Waals surface area contributed by atoms with E-state index in [0.29, 0.717) is 5.41 Å². The van der Waals surface area contributed by atoms with Gasteiger partial charge in [-0.1, -0.05) is 45.8 Å². The van der Waals surface area contributed by atoms with Gasteiger partial charge in [0.25, 0.3) is 0 Å². The van der Waals surface area contributed by atoms with E-state index in [1.54, 1.807) is 0 Å². The molecule has 0 aliphatic carbocycles. The molecular formula is C11H22.